The largest absolute Gasteiger partial charge is 0.449 e. The van der Waals surface area contributed by atoms with Gasteiger partial charge in [0.1, 0.15) is 0 Å². The number of nitrogens with one attached hydrogen (secondary N) is 1. The number of benzene rings is 1. The molecule has 1 aliphatic carbocycles. The molecule has 0 radical (unpaired) electrons. The Morgan fingerprint density at radius 2 is 1.81 bits per heavy atom. The van der Waals surface area contributed by atoms with Crippen molar-refractivity contribution in [3.05, 3.63) is 58.6 Å². The van der Waals surface area contributed by atoms with Gasteiger partial charge in [0.05, 0.1) is 16.8 Å². The van der Waals surface area contributed by atoms with Crippen LogP contribution in [0.4, 0.5) is 35.1 Å². The van der Waals surface area contributed by atoms with Crippen molar-refractivity contribution in [2.45, 2.75) is 31.2 Å². The van der Waals surface area contributed by atoms with E-state index in [4.69, 9.17) is 11.6 Å². The standard InChI is InChI=1S/C21H14ClF8N5O2/c1-34-19(14(20(25,26)27)18(33-34)37-16(24)15(23)21(28,29)30)35-8-10(7-31-35)9-2-5-13(22)12(6-9)17(36)32-11-3-4-11/h2,5-8,11H,3-4H2,1H3,(H,32,36). The Labute approximate surface area is 207 Å². The molecule has 1 amide bonds. The summed E-state index contributed by atoms with van der Waals surface area (Å²) in [7, 11) is 0.961. The third kappa shape index (κ3) is 5.55. The van der Waals surface area contributed by atoms with Gasteiger partial charge in [-0.15, -0.1) is 5.10 Å². The number of rotatable bonds is 6. The van der Waals surface area contributed by atoms with Crippen molar-refractivity contribution < 1.29 is 44.7 Å². The molecule has 4 rings (SSSR count). The van der Waals surface area contributed by atoms with Gasteiger partial charge in [0.15, 0.2) is 11.4 Å². The van der Waals surface area contributed by atoms with Gasteiger partial charge in [0.2, 0.25) is 0 Å². The van der Waals surface area contributed by atoms with E-state index in [2.05, 4.69) is 20.3 Å². The van der Waals surface area contributed by atoms with Crippen molar-refractivity contribution in [3.8, 4) is 22.8 Å². The molecule has 1 aromatic carbocycles. The highest BCUT2D eigenvalue weighted by Gasteiger charge is 2.44. The lowest BCUT2D eigenvalue weighted by Crippen LogP contribution is -2.25. The number of ether oxygens (including phenoxy) is 1. The fraction of sp³-hybridized carbons (Fsp3) is 0.286. The van der Waals surface area contributed by atoms with Crippen molar-refractivity contribution in [3.63, 3.8) is 0 Å². The maximum Gasteiger partial charge on any atom is 0.449 e. The Hall–Kier alpha value is -3.62. The maximum absolute atomic E-state index is 13.8. The van der Waals surface area contributed by atoms with Crippen molar-refractivity contribution in [1.82, 2.24) is 24.9 Å². The quantitative estimate of drug-likeness (QED) is 0.304. The minimum atomic E-state index is -5.83. The summed E-state index contributed by atoms with van der Waals surface area (Å²) in [6, 6.07) is 1.41. The van der Waals surface area contributed by atoms with Crippen LogP contribution in [0.1, 0.15) is 28.8 Å². The van der Waals surface area contributed by atoms with Crippen molar-refractivity contribution in [1.29, 1.82) is 0 Å². The predicted octanol–water partition coefficient (Wildman–Crippen LogP) is 5.89. The minimum absolute atomic E-state index is 0.0429. The average Bonchev–Trinajstić information content (AvgIpc) is 3.35. The fourth-order valence-electron chi connectivity index (χ4n) is 3.27. The molecule has 0 saturated heterocycles. The number of aromatic nitrogens is 4. The number of halogens is 9. The lowest BCUT2D eigenvalue weighted by Gasteiger charge is -2.11. The first-order valence-electron chi connectivity index (χ1n) is 10.3. The van der Waals surface area contributed by atoms with Crippen molar-refractivity contribution in [2.75, 3.05) is 0 Å². The molecule has 0 spiro atoms. The molecule has 0 atom stereocenters. The summed E-state index contributed by atoms with van der Waals surface area (Å²) in [6.07, 6.45) is -7.25. The number of carbonyl (C=O) groups excluding carboxylic acids is 1. The molecular weight excluding hydrogens is 542 g/mol. The van der Waals surface area contributed by atoms with E-state index in [9.17, 15) is 39.9 Å². The number of aryl methyl sites for hydroxylation is 1. The van der Waals surface area contributed by atoms with Crippen LogP contribution in [0, 0.1) is 0 Å². The zero-order chi connectivity index (χ0) is 27.3. The number of hydrogen-bond donors (Lipinski definition) is 1. The zero-order valence-corrected chi connectivity index (χ0v) is 19.1. The van der Waals surface area contributed by atoms with E-state index in [0.717, 1.165) is 32.3 Å². The smallest absolute Gasteiger partial charge is 0.408 e. The maximum atomic E-state index is 13.8. The molecule has 7 nitrogen and oxygen atoms in total. The summed E-state index contributed by atoms with van der Waals surface area (Å²) in [6.45, 7) is 0. The summed E-state index contributed by atoms with van der Waals surface area (Å²) >= 11 is 6.11. The molecule has 198 valence electrons. The molecule has 0 aliphatic heterocycles. The van der Waals surface area contributed by atoms with E-state index in [0.29, 0.717) is 14.9 Å². The summed E-state index contributed by atoms with van der Waals surface area (Å²) in [5.41, 5.74) is -1.11. The minimum Gasteiger partial charge on any atom is -0.408 e. The molecule has 3 aromatic rings. The van der Waals surface area contributed by atoms with Gasteiger partial charge in [0, 0.05) is 24.8 Å². The van der Waals surface area contributed by atoms with Crippen LogP contribution in [0.2, 0.25) is 5.02 Å². The third-order valence-corrected chi connectivity index (χ3v) is 5.46. The second-order valence-corrected chi connectivity index (χ2v) is 8.34. The van der Waals surface area contributed by atoms with E-state index in [1.807, 2.05) is 0 Å². The summed E-state index contributed by atoms with van der Waals surface area (Å²) < 4.78 is 110. The highest BCUT2D eigenvalue weighted by molar-refractivity contribution is 6.34. The highest BCUT2D eigenvalue weighted by atomic mass is 35.5. The van der Waals surface area contributed by atoms with Crippen molar-refractivity contribution in [2.24, 2.45) is 7.05 Å². The van der Waals surface area contributed by atoms with Crippen molar-refractivity contribution >= 4 is 17.5 Å². The first kappa shape index (κ1) is 26.4. The summed E-state index contributed by atoms with van der Waals surface area (Å²) in [5.74, 6) is -6.33. The van der Waals surface area contributed by atoms with Crippen LogP contribution in [-0.4, -0.2) is 37.7 Å². The molecule has 2 aromatic heterocycles. The van der Waals surface area contributed by atoms with Crippen LogP contribution in [0.3, 0.4) is 0 Å². The number of carbonyl (C=O) groups is 1. The Morgan fingerprint density at radius 3 is 2.41 bits per heavy atom. The van der Waals surface area contributed by atoms with E-state index in [1.165, 1.54) is 18.2 Å². The first-order chi connectivity index (χ1) is 17.2. The monoisotopic (exact) mass is 555 g/mol. The number of alkyl halides is 6. The molecule has 1 fully saturated rings. The van der Waals surface area contributed by atoms with Crippen LogP contribution in [0.25, 0.3) is 16.9 Å². The van der Waals surface area contributed by atoms with Gasteiger partial charge in [-0.05, 0) is 30.5 Å². The number of nitrogens with zero attached hydrogens (tertiary/aromatic N) is 4. The van der Waals surface area contributed by atoms with Gasteiger partial charge < -0.3 is 10.1 Å². The molecule has 37 heavy (non-hydrogen) atoms. The van der Waals surface area contributed by atoms with E-state index >= 15 is 0 Å². The van der Waals surface area contributed by atoms with Gasteiger partial charge in [0.25, 0.3) is 17.6 Å². The van der Waals surface area contributed by atoms with Crippen LogP contribution in [0.5, 0.6) is 5.88 Å². The molecule has 0 bridgehead atoms. The number of allylic oxidation sites excluding steroid dienone is 1. The van der Waals surface area contributed by atoms with Crippen LogP contribution in [0.15, 0.2) is 42.4 Å². The average molecular weight is 556 g/mol. The Kier molecular flexibility index (Phi) is 6.69. The highest BCUT2D eigenvalue weighted by Crippen LogP contribution is 2.42. The van der Waals surface area contributed by atoms with E-state index in [-0.39, 0.29) is 22.2 Å². The molecule has 1 saturated carbocycles. The Balaban J connectivity index is 1.73. The number of amides is 1. The Bertz CT molecular complexity index is 1390. The number of hydrogen-bond acceptors (Lipinski definition) is 4. The van der Waals surface area contributed by atoms with Crippen LogP contribution < -0.4 is 10.1 Å². The fourth-order valence-corrected chi connectivity index (χ4v) is 3.48. The van der Waals surface area contributed by atoms with E-state index < -0.39 is 47.4 Å². The molecule has 0 unspecified atom stereocenters. The lowest BCUT2D eigenvalue weighted by atomic mass is 10.1. The third-order valence-electron chi connectivity index (χ3n) is 5.13. The normalized spacial score (nSPS) is 15.0. The van der Waals surface area contributed by atoms with Crippen LogP contribution >= 0.6 is 11.6 Å². The molecular formula is C21H14ClF8N5O2. The first-order valence-corrected chi connectivity index (χ1v) is 10.6. The second kappa shape index (κ2) is 9.36. The van der Waals surface area contributed by atoms with Gasteiger partial charge in [-0.25, -0.2) is 9.36 Å². The molecule has 1 N–H and O–H groups in total. The van der Waals surface area contributed by atoms with Gasteiger partial charge in [-0.3, -0.25) is 4.79 Å². The zero-order valence-electron chi connectivity index (χ0n) is 18.4. The summed E-state index contributed by atoms with van der Waals surface area (Å²) in [5, 5.41) is 9.99. The molecule has 1 aliphatic rings. The van der Waals surface area contributed by atoms with Gasteiger partial charge in [-0.2, -0.15) is 40.2 Å². The topological polar surface area (TPSA) is 74.0 Å². The molecule has 2 heterocycles. The SMILES string of the molecule is Cn1nc(OC(F)=C(F)C(F)(F)F)c(C(F)(F)F)c1-n1cc(-c2ccc(Cl)c(C(=O)NC3CC3)c2)cn1. The van der Waals surface area contributed by atoms with Crippen LogP contribution in [-0.2, 0) is 13.2 Å². The van der Waals surface area contributed by atoms with Gasteiger partial charge >= 0.3 is 18.4 Å². The second-order valence-electron chi connectivity index (χ2n) is 7.93. The molecule has 16 heteroatoms. The predicted molar refractivity (Wildman–Crippen MR) is 112 cm³/mol. The lowest BCUT2D eigenvalue weighted by molar-refractivity contribution is -0.139. The van der Waals surface area contributed by atoms with E-state index in [1.54, 1.807) is 0 Å². The van der Waals surface area contributed by atoms with Gasteiger partial charge in [-0.1, -0.05) is 17.7 Å². The Morgan fingerprint density at radius 1 is 1.14 bits per heavy atom. The summed E-state index contributed by atoms with van der Waals surface area (Å²) in [4.78, 5) is 12.4.